The first-order valence-electron chi connectivity index (χ1n) is 9.08. The summed E-state index contributed by atoms with van der Waals surface area (Å²) in [6.45, 7) is 0. The molecule has 3 aromatic heterocycles. The Morgan fingerprint density at radius 1 is 0.857 bits per heavy atom. The first-order valence-corrected chi connectivity index (χ1v) is 9.08. The van der Waals surface area contributed by atoms with Crippen LogP contribution in [0, 0.1) is 0 Å². The van der Waals surface area contributed by atoms with Gasteiger partial charge in [0.05, 0.1) is 12.6 Å². The van der Waals surface area contributed by atoms with Crippen molar-refractivity contribution < 1.29 is 9.53 Å². The van der Waals surface area contributed by atoms with E-state index in [1.54, 1.807) is 4.57 Å². The maximum absolute atomic E-state index is 12.3. The molecule has 0 fully saturated rings. The average molecular weight is 369 g/mol. The number of aryl methyl sites for hydroxylation is 1. The van der Waals surface area contributed by atoms with E-state index in [9.17, 15) is 4.79 Å². The third-order valence-corrected chi connectivity index (χ3v) is 5.21. The van der Waals surface area contributed by atoms with E-state index in [1.807, 2.05) is 55.8 Å². The van der Waals surface area contributed by atoms with Crippen LogP contribution < -0.4 is 0 Å². The molecule has 2 aromatic carbocycles. The number of para-hydroxylation sites is 2. The standard InChI is InChI=1S/C23H19N3O2/c1-25-12-18(17-11-24-21-9-5-3-7-15(17)21)19(13-25)20-14-26(23(27)28-2)22-10-6-4-8-16(20)22/h3-14,24H,1-2H3. The minimum absolute atomic E-state index is 0.396. The molecule has 0 aliphatic heterocycles. The van der Waals surface area contributed by atoms with Crippen molar-refractivity contribution in [1.82, 2.24) is 14.1 Å². The fraction of sp³-hybridized carbons (Fsp3) is 0.0870. The molecule has 0 saturated carbocycles. The Labute approximate surface area is 161 Å². The van der Waals surface area contributed by atoms with Crippen LogP contribution in [0.3, 0.4) is 0 Å². The van der Waals surface area contributed by atoms with Gasteiger partial charge in [-0.3, -0.25) is 4.57 Å². The Kier molecular flexibility index (Phi) is 3.62. The predicted octanol–water partition coefficient (Wildman–Crippen LogP) is 5.41. The van der Waals surface area contributed by atoms with Crippen molar-refractivity contribution in [2.45, 2.75) is 0 Å². The highest BCUT2D eigenvalue weighted by molar-refractivity contribution is 6.06. The van der Waals surface area contributed by atoms with Crippen LogP contribution in [-0.2, 0) is 11.8 Å². The number of hydrogen-bond acceptors (Lipinski definition) is 2. The van der Waals surface area contributed by atoms with Gasteiger partial charge in [0, 0.05) is 70.4 Å². The van der Waals surface area contributed by atoms with Gasteiger partial charge in [-0.2, -0.15) is 0 Å². The van der Waals surface area contributed by atoms with E-state index in [4.69, 9.17) is 4.74 Å². The molecule has 0 aliphatic rings. The van der Waals surface area contributed by atoms with Gasteiger partial charge in [0.15, 0.2) is 0 Å². The third kappa shape index (κ3) is 2.36. The SMILES string of the molecule is COC(=O)n1cc(-c2cn(C)cc2-c2c[nH]c3ccccc23)c2ccccc21. The molecule has 28 heavy (non-hydrogen) atoms. The number of ether oxygens (including phenoxy) is 1. The monoisotopic (exact) mass is 369 g/mol. The second kappa shape index (κ2) is 6.16. The van der Waals surface area contributed by atoms with Crippen LogP contribution in [0.15, 0.2) is 73.3 Å². The topological polar surface area (TPSA) is 51.9 Å². The lowest BCUT2D eigenvalue weighted by Crippen LogP contribution is -2.09. The fourth-order valence-corrected chi connectivity index (χ4v) is 3.95. The third-order valence-electron chi connectivity index (χ3n) is 5.21. The Morgan fingerprint density at radius 3 is 2.32 bits per heavy atom. The summed E-state index contributed by atoms with van der Waals surface area (Å²) in [5.41, 5.74) is 6.27. The lowest BCUT2D eigenvalue weighted by molar-refractivity contribution is 0.174. The van der Waals surface area contributed by atoms with Crippen LogP contribution >= 0.6 is 0 Å². The molecule has 0 bridgehead atoms. The van der Waals surface area contributed by atoms with Gasteiger partial charge >= 0.3 is 6.09 Å². The molecular weight excluding hydrogens is 350 g/mol. The highest BCUT2D eigenvalue weighted by Crippen LogP contribution is 2.40. The van der Waals surface area contributed by atoms with E-state index in [1.165, 1.54) is 12.5 Å². The van der Waals surface area contributed by atoms with E-state index in [0.717, 1.165) is 38.7 Å². The van der Waals surface area contributed by atoms with Crippen molar-refractivity contribution in [3.8, 4) is 22.3 Å². The molecular formula is C23H19N3O2. The zero-order chi connectivity index (χ0) is 19.3. The maximum Gasteiger partial charge on any atom is 0.418 e. The lowest BCUT2D eigenvalue weighted by Gasteiger charge is -2.02. The number of methoxy groups -OCH3 is 1. The summed E-state index contributed by atoms with van der Waals surface area (Å²) in [5, 5.41) is 2.19. The number of fused-ring (bicyclic) bond motifs is 2. The smallest absolute Gasteiger partial charge is 0.418 e. The maximum atomic E-state index is 12.3. The summed E-state index contributed by atoms with van der Waals surface area (Å²) < 4.78 is 8.59. The van der Waals surface area contributed by atoms with Gasteiger partial charge in [-0.25, -0.2) is 4.79 Å². The molecule has 0 spiro atoms. The minimum atomic E-state index is -0.396. The number of H-pyrrole nitrogens is 1. The van der Waals surface area contributed by atoms with Crippen LogP contribution in [0.4, 0.5) is 4.79 Å². The second-order valence-corrected chi connectivity index (χ2v) is 6.90. The minimum Gasteiger partial charge on any atom is -0.452 e. The molecule has 5 nitrogen and oxygen atoms in total. The molecule has 3 heterocycles. The molecule has 5 rings (SSSR count). The van der Waals surface area contributed by atoms with Crippen molar-refractivity contribution >= 4 is 27.9 Å². The molecule has 0 amide bonds. The highest BCUT2D eigenvalue weighted by atomic mass is 16.5. The van der Waals surface area contributed by atoms with Crippen LogP contribution in [-0.4, -0.2) is 27.3 Å². The molecule has 0 atom stereocenters. The normalized spacial score (nSPS) is 11.4. The van der Waals surface area contributed by atoms with E-state index in [0.29, 0.717) is 0 Å². The van der Waals surface area contributed by atoms with Crippen molar-refractivity contribution in [3.63, 3.8) is 0 Å². The number of hydrogen-bond donors (Lipinski definition) is 1. The van der Waals surface area contributed by atoms with Crippen molar-refractivity contribution in [2.75, 3.05) is 7.11 Å². The first kappa shape index (κ1) is 16.4. The summed E-state index contributed by atoms with van der Waals surface area (Å²) in [6, 6.07) is 16.2. The number of benzene rings is 2. The summed E-state index contributed by atoms with van der Waals surface area (Å²) >= 11 is 0. The molecule has 1 N–H and O–H groups in total. The Balaban J connectivity index is 1.80. The van der Waals surface area contributed by atoms with Crippen molar-refractivity contribution in [2.24, 2.45) is 7.05 Å². The van der Waals surface area contributed by atoms with Gasteiger partial charge in [0.1, 0.15) is 0 Å². The quantitative estimate of drug-likeness (QED) is 0.452. The number of nitrogens with zero attached hydrogens (tertiary/aromatic N) is 2. The number of aromatic nitrogens is 3. The molecule has 0 aliphatic carbocycles. The number of rotatable bonds is 2. The van der Waals surface area contributed by atoms with Gasteiger partial charge in [0.25, 0.3) is 0 Å². The molecule has 0 saturated heterocycles. The molecule has 5 heteroatoms. The zero-order valence-electron chi connectivity index (χ0n) is 15.6. The van der Waals surface area contributed by atoms with Crippen LogP contribution in [0.5, 0.6) is 0 Å². The van der Waals surface area contributed by atoms with Crippen molar-refractivity contribution in [1.29, 1.82) is 0 Å². The molecule has 5 aromatic rings. The van der Waals surface area contributed by atoms with Gasteiger partial charge < -0.3 is 14.3 Å². The fourth-order valence-electron chi connectivity index (χ4n) is 3.95. The predicted molar refractivity (Wildman–Crippen MR) is 111 cm³/mol. The number of carbonyl (C=O) groups is 1. The van der Waals surface area contributed by atoms with Gasteiger partial charge in [-0.15, -0.1) is 0 Å². The Bertz CT molecular complexity index is 1340. The van der Waals surface area contributed by atoms with E-state index in [2.05, 4.69) is 34.1 Å². The number of carbonyl (C=O) groups excluding carboxylic acids is 1. The summed E-state index contributed by atoms with van der Waals surface area (Å²) in [5.74, 6) is 0. The van der Waals surface area contributed by atoms with E-state index >= 15 is 0 Å². The summed E-state index contributed by atoms with van der Waals surface area (Å²) in [6.07, 6.45) is 7.73. The highest BCUT2D eigenvalue weighted by Gasteiger charge is 2.20. The van der Waals surface area contributed by atoms with E-state index < -0.39 is 6.09 Å². The number of nitrogens with one attached hydrogen (secondary N) is 1. The van der Waals surface area contributed by atoms with Gasteiger partial charge in [0.2, 0.25) is 0 Å². The molecule has 138 valence electrons. The second-order valence-electron chi connectivity index (χ2n) is 6.90. The van der Waals surface area contributed by atoms with Crippen LogP contribution in [0.2, 0.25) is 0 Å². The Hall–Kier alpha value is -3.73. The van der Waals surface area contributed by atoms with Crippen LogP contribution in [0.1, 0.15) is 0 Å². The summed E-state index contributed by atoms with van der Waals surface area (Å²) in [7, 11) is 3.41. The van der Waals surface area contributed by atoms with Gasteiger partial charge in [-0.1, -0.05) is 36.4 Å². The average Bonchev–Trinajstić information content (AvgIpc) is 3.41. The zero-order valence-corrected chi connectivity index (χ0v) is 15.6. The molecule has 0 radical (unpaired) electrons. The Morgan fingerprint density at radius 2 is 1.54 bits per heavy atom. The lowest BCUT2D eigenvalue weighted by atomic mass is 9.98. The molecule has 0 unspecified atom stereocenters. The van der Waals surface area contributed by atoms with Crippen molar-refractivity contribution in [3.05, 3.63) is 73.3 Å². The van der Waals surface area contributed by atoms with E-state index in [-0.39, 0.29) is 0 Å². The largest absolute Gasteiger partial charge is 0.452 e. The summed E-state index contributed by atoms with van der Waals surface area (Å²) in [4.78, 5) is 15.7. The van der Waals surface area contributed by atoms with Gasteiger partial charge in [-0.05, 0) is 12.1 Å². The first-order chi connectivity index (χ1) is 13.7. The number of aromatic amines is 1. The van der Waals surface area contributed by atoms with Crippen LogP contribution in [0.25, 0.3) is 44.1 Å².